The van der Waals surface area contributed by atoms with Crippen LogP contribution in [0.5, 0.6) is 5.75 Å². The number of aliphatic hydroxyl groups is 1. The van der Waals surface area contributed by atoms with Crippen molar-refractivity contribution in [2.45, 2.75) is 31.9 Å². The number of benzene rings is 3. The van der Waals surface area contributed by atoms with E-state index in [9.17, 15) is 9.90 Å². The van der Waals surface area contributed by atoms with Gasteiger partial charge in [0.05, 0.1) is 17.6 Å². The van der Waals surface area contributed by atoms with Crippen LogP contribution < -0.4 is 9.64 Å². The van der Waals surface area contributed by atoms with Crippen molar-refractivity contribution in [3.8, 4) is 5.75 Å². The summed E-state index contributed by atoms with van der Waals surface area (Å²) in [5.41, 5.74) is 3.63. The SMILES string of the molecule is Cc1ccccc1OC[C@H](O)Cn1c([C@@H]2CC(=O)N(c3ccc(Cl)cc3)C2)nc2ccccc21. The van der Waals surface area contributed by atoms with E-state index >= 15 is 0 Å². The molecule has 1 aliphatic heterocycles. The standard InChI is InChI=1S/C27H26ClN3O3/c1-18-6-2-5-9-25(18)34-17-22(32)16-31-24-8-4-3-7-23(24)29-27(31)19-14-26(33)30(15-19)21-12-10-20(28)11-13-21/h2-13,19,22,32H,14-17H2,1H3/t19-,22-/m1/s1. The number of carbonyl (C=O) groups is 1. The number of aliphatic hydroxyl groups excluding tert-OH is 1. The van der Waals surface area contributed by atoms with Gasteiger partial charge in [0.15, 0.2) is 0 Å². The number of hydrogen-bond acceptors (Lipinski definition) is 4. The van der Waals surface area contributed by atoms with E-state index in [4.69, 9.17) is 21.3 Å². The number of halogens is 1. The highest BCUT2D eigenvalue weighted by Crippen LogP contribution is 2.33. The average molecular weight is 476 g/mol. The monoisotopic (exact) mass is 475 g/mol. The van der Waals surface area contributed by atoms with Crippen LogP contribution in [0.2, 0.25) is 5.02 Å². The number of hydrogen-bond donors (Lipinski definition) is 1. The zero-order valence-corrected chi connectivity index (χ0v) is 19.7. The van der Waals surface area contributed by atoms with Crippen LogP contribution in [0.25, 0.3) is 11.0 Å². The quantitative estimate of drug-likeness (QED) is 0.410. The van der Waals surface area contributed by atoms with Crippen LogP contribution in [0, 0.1) is 6.92 Å². The fourth-order valence-corrected chi connectivity index (χ4v) is 4.64. The molecular weight excluding hydrogens is 450 g/mol. The molecule has 1 aromatic heterocycles. The fraction of sp³-hybridized carbons (Fsp3) is 0.259. The minimum absolute atomic E-state index is 0.0503. The maximum atomic E-state index is 12.9. The Morgan fingerprint density at radius 2 is 1.82 bits per heavy atom. The van der Waals surface area contributed by atoms with Gasteiger partial charge in [-0.25, -0.2) is 4.98 Å². The Hall–Kier alpha value is -3.35. The molecule has 1 amide bonds. The highest BCUT2D eigenvalue weighted by atomic mass is 35.5. The molecule has 5 rings (SSSR count). The number of aryl methyl sites for hydroxylation is 1. The summed E-state index contributed by atoms with van der Waals surface area (Å²) < 4.78 is 7.90. The van der Waals surface area contributed by atoms with Crippen molar-refractivity contribution in [2.75, 3.05) is 18.1 Å². The van der Waals surface area contributed by atoms with Crippen molar-refractivity contribution in [1.29, 1.82) is 0 Å². The Morgan fingerprint density at radius 3 is 2.62 bits per heavy atom. The average Bonchev–Trinajstić information content (AvgIpc) is 3.40. The number of carbonyl (C=O) groups excluding carboxylic acids is 1. The van der Waals surface area contributed by atoms with E-state index in [0.717, 1.165) is 33.9 Å². The number of rotatable bonds is 7. The van der Waals surface area contributed by atoms with Crippen LogP contribution in [-0.2, 0) is 11.3 Å². The van der Waals surface area contributed by atoms with Gasteiger partial charge >= 0.3 is 0 Å². The summed E-state index contributed by atoms with van der Waals surface area (Å²) in [4.78, 5) is 19.5. The Bertz CT molecular complexity index is 1320. The summed E-state index contributed by atoms with van der Waals surface area (Å²) in [5, 5.41) is 11.5. The number of ether oxygens (including phenoxy) is 1. The van der Waals surface area contributed by atoms with Crippen molar-refractivity contribution in [3.05, 3.63) is 89.2 Å². The molecule has 0 bridgehead atoms. The largest absolute Gasteiger partial charge is 0.491 e. The molecule has 1 aliphatic rings. The molecule has 0 unspecified atom stereocenters. The van der Waals surface area contributed by atoms with Gasteiger partial charge in [0, 0.05) is 29.6 Å². The lowest BCUT2D eigenvalue weighted by Crippen LogP contribution is -2.26. The van der Waals surface area contributed by atoms with E-state index in [1.165, 1.54) is 0 Å². The molecule has 1 N–H and O–H groups in total. The summed E-state index contributed by atoms with van der Waals surface area (Å²) in [6, 6.07) is 22.9. The minimum atomic E-state index is -0.736. The van der Waals surface area contributed by atoms with Crippen LogP contribution in [0.15, 0.2) is 72.8 Å². The number of para-hydroxylation sites is 3. The Morgan fingerprint density at radius 1 is 1.09 bits per heavy atom. The molecule has 1 fully saturated rings. The van der Waals surface area contributed by atoms with Crippen molar-refractivity contribution in [2.24, 2.45) is 0 Å². The maximum Gasteiger partial charge on any atom is 0.227 e. The molecule has 4 aromatic rings. The Balaban J connectivity index is 1.38. The lowest BCUT2D eigenvalue weighted by Gasteiger charge is -2.19. The van der Waals surface area contributed by atoms with E-state index in [-0.39, 0.29) is 18.4 Å². The first kappa shape index (κ1) is 22.4. The first-order chi connectivity index (χ1) is 16.5. The molecule has 0 spiro atoms. The fourth-order valence-electron chi connectivity index (χ4n) is 4.52. The molecule has 2 atom stereocenters. The van der Waals surface area contributed by atoms with Crippen LogP contribution in [0.1, 0.15) is 23.7 Å². The predicted octanol–water partition coefficient (Wildman–Crippen LogP) is 4.96. The molecule has 3 aromatic carbocycles. The van der Waals surface area contributed by atoms with E-state index in [0.29, 0.717) is 24.5 Å². The predicted molar refractivity (Wildman–Crippen MR) is 134 cm³/mol. The minimum Gasteiger partial charge on any atom is -0.491 e. The van der Waals surface area contributed by atoms with E-state index in [1.807, 2.05) is 72.2 Å². The maximum absolute atomic E-state index is 12.9. The smallest absolute Gasteiger partial charge is 0.227 e. The van der Waals surface area contributed by atoms with Gasteiger partial charge in [-0.05, 0) is 55.0 Å². The molecule has 0 saturated carbocycles. The first-order valence-corrected chi connectivity index (χ1v) is 11.7. The summed E-state index contributed by atoms with van der Waals surface area (Å²) in [7, 11) is 0. The molecular formula is C27H26ClN3O3. The summed E-state index contributed by atoms with van der Waals surface area (Å²) in [6.45, 7) is 3.00. The molecule has 7 heteroatoms. The number of fused-ring (bicyclic) bond motifs is 1. The normalized spacial score (nSPS) is 16.9. The second kappa shape index (κ2) is 9.49. The summed E-state index contributed by atoms with van der Waals surface area (Å²) >= 11 is 6.02. The lowest BCUT2D eigenvalue weighted by atomic mass is 10.1. The van der Waals surface area contributed by atoms with Gasteiger partial charge in [0.2, 0.25) is 5.91 Å². The lowest BCUT2D eigenvalue weighted by molar-refractivity contribution is -0.117. The topological polar surface area (TPSA) is 67.6 Å². The third kappa shape index (κ3) is 4.52. The number of aromatic nitrogens is 2. The Kier molecular flexibility index (Phi) is 6.26. The van der Waals surface area contributed by atoms with Crippen LogP contribution in [0.3, 0.4) is 0 Å². The zero-order valence-electron chi connectivity index (χ0n) is 18.9. The zero-order chi connectivity index (χ0) is 23.7. The number of amides is 1. The molecule has 0 aliphatic carbocycles. The number of anilines is 1. The van der Waals surface area contributed by atoms with Crippen LogP contribution in [0.4, 0.5) is 5.69 Å². The highest BCUT2D eigenvalue weighted by molar-refractivity contribution is 6.30. The number of imidazole rings is 1. The summed E-state index contributed by atoms with van der Waals surface area (Å²) in [6.07, 6.45) is -0.373. The van der Waals surface area contributed by atoms with E-state index in [2.05, 4.69) is 0 Å². The number of nitrogens with zero attached hydrogens (tertiary/aromatic N) is 3. The van der Waals surface area contributed by atoms with Crippen molar-refractivity contribution in [3.63, 3.8) is 0 Å². The van der Waals surface area contributed by atoms with Gasteiger partial charge in [-0.1, -0.05) is 41.9 Å². The molecule has 0 radical (unpaired) electrons. The third-order valence-corrected chi connectivity index (χ3v) is 6.48. The van der Waals surface area contributed by atoms with E-state index < -0.39 is 6.10 Å². The second-order valence-corrected chi connectivity index (χ2v) is 9.12. The highest BCUT2D eigenvalue weighted by Gasteiger charge is 2.35. The first-order valence-electron chi connectivity index (χ1n) is 11.4. The van der Waals surface area contributed by atoms with Gasteiger partial charge in [0.25, 0.3) is 0 Å². The van der Waals surface area contributed by atoms with Crippen LogP contribution in [-0.4, -0.2) is 39.8 Å². The van der Waals surface area contributed by atoms with Crippen molar-refractivity contribution in [1.82, 2.24) is 9.55 Å². The van der Waals surface area contributed by atoms with Gasteiger partial charge in [-0.15, -0.1) is 0 Å². The van der Waals surface area contributed by atoms with Crippen molar-refractivity contribution < 1.29 is 14.6 Å². The second-order valence-electron chi connectivity index (χ2n) is 8.68. The molecule has 1 saturated heterocycles. The Labute approximate surface area is 203 Å². The molecule has 2 heterocycles. The van der Waals surface area contributed by atoms with Gasteiger partial charge in [-0.3, -0.25) is 4.79 Å². The van der Waals surface area contributed by atoms with Gasteiger partial charge in [-0.2, -0.15) is 0 Å². The molecule has 34 heavy (non-hydrogen) atoms. The van der Waals surface area contributed by atoms with Gasteiger partial charge in [0.1, 0.15) is 24.3 Å². The van der Waals surface area contributed by atoms with E-state index in [1.54, 1.807) is 17.0 Å². The van der Waals surface area contributed by atoms with Crippen LogP contribution >= 0.6 is 11.6 Å². The molecule has 174 valence electrons. The van der Waals surface area contributed by atoms with Gasteiger partial charge < -0.3 is 19.3 Å². The molecule has 6 nitrogen and oxygen atoms in total. The van der Waals surface area contributed by atoms with Crippen molar-refractivity contribution >= 4 is 34.2 Å². The third-order valence-electron chi connectivity index (χ3n) is 6.23. The summed E-state index contributed by atoms with van der Waals surface area (Å²) in [5.74, 6) is 1.53.